The number of halogens is 1. The lowest BCUT2D eigenvalue weighted by molar-refractivity contribution is 0.156. The number of nitrogens with zero attached hydrogens (tertiary/aromatic N) is 4. The highest BCUT2D eigenvalue weighted by Crippen LogP contribution is 2.30. The molecule has 30 heavy (non-hydrogen) atoms. The molecule has 1 fully saturated rings. The average Bonchev–Trinajstić information content (AvgIpc) is 2.75. The molecule has 9 heteroatoms. The van der Waals surface area contributed by atoms with Gasteiger partial charge in [-0.1, -0.05) is 22.0 Å². The fourth-order valence-electron chi connectivity index (χ4n) is 3.58. The van der Waals surface area contributed by atoms with E-state index >= 15 is 0 Å². The van der Waals surface area contributed by atoms with E-state index in [1.807, 2.05) is 23.3 Å². The molecule has 1 unspecified atom stereocenters. The van der Waals surface area contributed by atoms with Gasteiger partial charge in [0.25, 0.3) is 5.56 Å². The summed E-state index contributed by atoms with van der Waals surface area (Å²) in [7, 11) is 0. The maximum absolute atomic E-state index is 12.4. The molecule has 8 nitrogen and oxygen atoms in total. The molecule has 0 amide bonds. The number of H-pyrrole nitrogens is 1. The highest BCUT2D eigenvalue weighted by molar-refractivity contribution is 9.10. The van der Waals surface area contributed by atoms with Gasteiger partial charge >= 0.3 is 5.69 Å². The van der Waals surface area contributed by atoms with Gasteiger partial charge in [0.2, 0.25) is 5.88 Å². The highest BCUT2D eigenvalue weighted by atomic mass is 79.9. The summed E-state index contributed by atoms with van der Waals surface area (Å²) in [4.78, 5) is 31.1. The van der Waals surface area contributed by atoms with Crippen LogP contribution in [0.4, 0.5) is 0 Å². The number of aromatic nitrogens is 3. The van der Waals surface area contributed by atoms with Gasteiger partial charge in [0.15, 0.2) is 0 Å². The molecule has 1 aliphatic rings. The number of hydrazone groups is 1. The SMILES string of the molecule is O=c1[nH]c(=O)n(-c2ccc(Br)cc2)c(O)c1C=NN1CCCCC1c1cccnc1. The molecule has 0 saturated carbocycles. The van der Waals surface area contributed by atoms with Crippen LogP contribution in [0.3, 0.4) is 0 Å². The van der Waals surface area contributed by atoms with E-state index in [4.69, 9.17) is 0 Å². The van der Waals surface area contributed by atoms with Gasteiger partial charge in [-0.05, 0) is 55.2 Å². The first kappa shape index (κ1) is 20.1. The Morgan fingerprint density at radius 2 is 2.00 bits per heavy atom. The number of rotatable bonds is 4. The molecule has 3 heterocycles. The summed E-state index contributed by atoms with van der Waals surface area (Å²) in [5.74, 6) is -0.454. The van der Waals surface area contributed by atoms with Crippen molar-refractivity contribution in [2.45, 2.75) is 25.3 Å². The van der Waals surface area contributed by atoms with E-state index in [2.05, 4.69) is 31.0 Å². The second-order valence-corrected chi connectivity index (χ2v) is 7.93. The van der Waals surface area contributed by atoms with Crippen molar-refractivity contribution in [2.75, 3.05) is 6.54 Å². The summed E-state index contributed by atoms with van der Waals surface area (Å²) < 4.78 is 1.88. The quantitative estimate of drug-likeness (QED) is 0.571. The summed E-state index contributed by atoms with van der Waals surface area (Å²) in [6.07, 6.45) is 7.83. The molecular weight excluding hydrogens is 450 g/mol. The minimum absolute atomic E-state index is 0.0438. The summed E-state index contributed by atoms with van der Waals surface area (Å²) in [5.41, 5.74) is -0.00844. The third kappa shape index (κ3) is 4.06. The Bertz CT molecular complexity index is 1170. The molecule has 2 N–H and O–H groups in total. The molecule has 0 radical (unpaired) electrons. The Labute approximate surface area is 180 Å². The smallest absolute Gasteiger partial charge is 0.335 e. The summed E-state index contributed by atoms with van der Waals surface area (Å²) in [5, 5.41) is 17.1. The Morgan fingerprint density at radius 3 is 2.73 bits per heavy atom. The standard InChI is InChI=1S/C21H20BrN5O3/c22-15-6-8-16(9-7-15)27-20(29)17(19(28)25-21(27)30)13-24-26-11-2-1-5-18(26)14-4-3-10-23-12-14/h3-4,6-10,12-13,18,29H,1-2,5,11H2,(H,25,28,30). The summed E-state index contributed by atoms with van der Waals surface area (Å²) >= 11 is 3.34. The number of hydrogen-bond donors (Lipinski definition) is 2. The van der Waals surface area contributed by atoms with Crippen molar-refractivity contribution in [3.63, 3.8) is 0 Å². The van der Waals surface area contributed by atoms with Gasteiger partial charge in [0.05, 0.1) is 17.9 Å². The van der Waals surface area contributed by atoms with Crippen LogP contribution in [0.1, 0.15) is 36.4 Å². The van der Waals surface area contributed by atoms with E-state index in [-0.39, 0.29) is 11.6 Å². The largest absolute Gasteiger partial charge is 0.493 e. The van der Waals surface area contributed by atoms with Crippen LogP contribution < -0.4 is 11.2 Å². The van der Waals surface area contributed by atoms with Gasteiger partial charge in [0.1, 0.15) is 5.56 Å². The topological polar surface area (TPSA) is 104 Å². The van der Waals surface area contributed by atoms with Crippen LogP contribution in [-0.4, -0.2) is 37.4 Å². The molecule has 0 bridgehead atoms. The minimum atomic E-state index is -0.719. The van der Waals surface area contributed by atoms with Gasteiger partial charge in [-0.15, -0.1) is 0 Å². The van der Waals surface area contributed by atoms with Crippen LogP contribution in [0.25, 0.3) is 5.69 Å². The monoisotopic (exact) mass is 469 g/mol. The van der Waals surface area contributed by atoms with E-state index in [9.17, 15) is 14.7 Å². The van der Waals surface area contributed by atoms with E-state index < -0.39 is 17.1 Å². The second kappa shape index (κ2) is 8.66. The zero-order valence-corrected chi connectivity index (χ0v) is 17.6. The van der Waals surface area contributed by atoms with Crippen molar-refractivity contribution in [1.29, 1.82) is 0 Å². The van der Waals surface area contributed by atoms with Gasteiger partial charge in [0, 0.05) is 23.4 Å². The predicted molar refractivity (Wildman–Crippen MR) is 117 cm³/mol. The van der Waals surface area contributed by atoms with Crippen molar-refractivity contribution >= 4 is 22.1 Å². The first-order valence-corrected chi connectivity index (χ1v) is 10.4. The first-order valence-electron chi connectivity index (χ1n) is 9.59. The van der Waals surface area contributed by atoms with Crippen molar-refractivity contribution < 1.29 is 5.11 Å². The molecule has 0 spiro atoms. The molecule has 0 aliphatic carbocycles. The number of aromatic hydroxyl groups is 1. The summed E-state index contributed by atoms with van der Waals surface area (Å²) in [6, 6.07) is 10.7. The molecule has 2 aromatic heterocycles. The third-order valence-electron chi connectivity index (χ3n) is 5.08. The van der Waals surface area contributed by atoms with Crippen molar-refractivity contribution in [3.8, 4) is 11.6 Å². The second-order valence-electron chi connectivity index (χ2n) is 7.01. The van der Waals surface area contributed by atoms with E-state index in [1.165, 1.54) is 6.21 Å². The zero-order valence-electron chi connectivity index (χ0n) is 16.0. The Kier molecular flexibility index (Phi) is 5.80. The highest BCUT2D eigenvalue weighted by Gasteiger charge is 2.23. The number of piperidine rings is 1. The molecule has 1 aromatic carbocycles. The normalized spacial score (nSPS) is 16.8. The molecule has 154 valence electrons. The predicted octanol–water partition coefficient (Wildman–Crippen LogP) is 2.95. The molecule has 1 aliphatic heterocycles. The Hall–Kier alpha value is -3.20. The zero-order chi connectivity index (χ0) is 21.1. The number of nitrogens with one attached hydrogen (secondary N) is 1. The van der Waals surface area contributed by atoms with Gasteiger partial charge < -0.3 is 5.11 Å². The molecule has 4 rings (SSSR count). The average molecular weight is 470 g/mol. The summed E-state index contributed by atoms with van der Waals surface area (Å²) in [6.45, 7) is 0.723. The fraction of sp³-hybridized carbons (Fsp3) is 0.238. The third-order valence-corrected chi connectivity index (χ3v) is 5.61. The van der Waals surface area contributed by atoms with Crippen LogP contribution in [0.2, 0.25) is 0 Å². The van der Waals surface area contributed by atoms with Crippen LogP contribution in [0.5, 0.6) is 5.88 Å². The van der Waals surface area contributed by atoms with Crippen LogP contribution >= 0.6 is 15.9 Å². The van der Waals surface area contributed by atoms with Crippen LogP contribution in [-0.2, 0) is 0 Å². The van der Waals surface area contributed by atoms with Gasteiger partial charge in [-0.25, -0.2) is 9.36 Å². The number of benzene rings is 1. The van der Waals surface area contributed by atoms with Crippen molar-refractivity contribution in [1.82, 2.24) is 19.5 Å². The number of aromatic amines is 1. The number of hydrogen-bond acceptors (Lipinski definition) is 6. The molecule has 1 atom stereocenters. The van der Waals surface area contributed by atoms with Crippen LogP contribution in [0.15, 0.2) is 68.0 Å². The van der Waals surface area contributed by atoms with Crippen molar-refractivity contribution in [3.05, 3.63) is 85.2 Å². The lowest BCUT2D eigenvalue weighted by Gasteiger charge is -2.33. The Morgan fingerprint density at radius 1 is 1.20 bits per heavy atom. The van der Waals surface area contributed by atoms with Gasteiger partial charge in [-0.2, -0.15) is 5.10 Å². The maximum atomic E-state index is 12.4. The van der Waals surface area contributed by atoms with E-state index in [1.54, 1.807) is 30.5 Å². The lowest BCUT2D eigenvalue weighted by Crippen LogP contribution is -2.32. The van der Waals surface area contributed by atoms with E-state index in [0.29, 0.717) is 5.69 Å². The molecule has 3 aromatic rings. The number of pyridine rings is 1. The first-order chi connectivity index (χ1) is 14.5. The van der Waals surface area contributed by atoms with Crippen molar-refractivity contribution in [2.24, 2.45) is 5.10 Å². The molecule has 1 saturated heterocycles. The minimum Gasteiger partial charge on any atom is -0.493 e. The van der Waals surface area contributed by atoms with E-state index in [0.717, 1.165) is 40.4 Å². The van der Waals surface area contributed by atoms with Crippen LogP contribution in [0, 0.1) is 0 Å². The fourth-order valence-corrected chi connectivity index (χ4v) is 3.85. The van der Waals surface area contributed by atoms with Gasteiger partial charge in [-0.3, -0.25) is 19.8 Å². The maximum Gasteiger partial charge on any atom is 0.335 e. The Balaban J connectivity index is 1.71. The molecular formula is C21H20BrN5O3. The lowest BCUT2D eigenvalue weighted by atomic mass is 9.98.